The molecule has 0 unspecified atom stereocenters. The minimum Gasteiger partial charge on any atom is -0.316 e. The first kappa shape index (κ1) is 12.0. The van der Waals surface area contributed by atoms with Gasteiger partial charge in [-0.3, -0.25) is 0 Å². The highest BCUT2D eigenvalue weighted by Crippen LogP contribution is 2.19. The van der Waals surface area contributed by atoms with E-state index in [2.05, 4.69) is 38.3 Å². The molecule has 2 N–H and O–H groups in total. The van der Waals surface area contributed by atoms with Gasteiger partial charge in [0.1, 0.15) is 0 Å². The van der Waals surface area contributed by atoms with E-state index < -0.39 is 0 Å². The Morgan fingerprint density at radius 1 is 1.36 bits per heavy atom. The van der Waals surface area contributed by atoms with Crippen LogP contribution in [-0.4, -0.2) is 26.2 Å². The van der Waals surface area contributed by atoms with Crippen molar-refractivity contribution >= 4 is 0 Å². The van der Waals surface area contributed by atoms with Crippen molar-refractivity contribution in [2.75, 3.05) is 26.2 Å². The monoisotopic (exact) mass is 198 g/mol. The highest BCUT2D eigenvalue weighted by Gasteiger charge is 2.23. The predicted octanol–water partition coefficient (Wildman–Crippen LogP) is 1.87. The van der Waals surface area contributed by atoms with Crippen LogP contribution in [0.4, 0.5) is 0 Å². The van der Waals surface area contributed by atoms with Gasteiger partial charge in [-0.1, -0.05) is 27.7 Å². The lowest BCUT2D eigenvalue weighted by atomic mass is 9.90. The number of hydrogen-bond donors (Lipinski definition) is 2. The third-order valence-corrected chi connectivity index (χ3v) is 3.64. The van der Waals surface area contributed by atoms with Crippen molar-refractivity contribution < 1.29 is 0 Å². The molecule has 0 saturated carbocycles. The Hall–Kier alpha value is -0.0800. The molecule has 1 aliphatic rings. The highest BCUT2D eigenvalue weighted by molar-refractivity contribution is 4.80. The Kier molecular flexibility index (Phi) is 4.39. The Morgan fingerprint density at radius 2 is 2.07 bits per heavy atom. The fraction of sp³-hybridized carbons (Fsp3) is 1.00. The van der Waals surface area contributed by atoms with Crippen molar-refractivity contribution in [1.29, 1.82) is 0 Å². The smallest absolute Gasteiger partial charge is 0.000254 e. The largest absolute Gasteiger partial charge is 0.316 e. The third-order valence-electron chi connectivity index (χ3n) is 3.64. The van der Waals surface area contributed by atoms with E-state index >= 15 is 0 Å². The van der Waals surface area contributed by atoms with E-state index in [1.165, 1.54) is 26.1 Å². The van der Waals surface area contributed by atoms with Crippen molar-refractivity contribution in [2.24, 2.45) is 17.3 Å². The quantitative estimate of drug-likeness (QED) is 0.705. The molecular weight excluding hydrogens is 172 g/mol. The van der Waals surface area contributed by atoms with E-state index in [1.54, 1.807) is 0 Å². The molecule has 84 valence electrons. The van der Waals surface area contributed by atoms with E-state index in [1.807, 2.05) is 0 Å². The summed E-state index contributed by atoms with van der Waals surface area (Å²) in [7, 11) is 0. The average Bonchev–Trinajstić information content (AvgIpc) is 2.52. The molecule has 0 aromatic carbocycles. The summed E-state index contributed by atoms with van der Waals surface area (Å²) in [5, 5.41) is 7.05. The number of nitrogens with one attached hydrogen (secondary N) is 2. The first-order valence-electron chi connectivity index (χ1n) is 5.96. The maximum atomic E-state index is 3.61. The van der Waals surface area contributed by atoms with Crippen LogP contribution in [0.5, 0.6) is 0 Å². The van der Waals surface area contributed by atoms with Crippen LogP contribution in [-0.2, 0) is 0 Å². The molecule has 0 aromatic heterocycles. The number of rotatable bonds is 5. The second-order valence-corrected chi connectivity index (χ2v) is 5.54. The van der Waals surface area contributed by atoms with Gasteiger partial charge in [0.15, 0.2) is 0 Å². The third kappa shape index (κ3) is 3.58. The van der Waals surface area contributed by atoms with Gasteiger partial charge in [0.05, 0.1) is 0 Å². The molecule has 1 aliphatic heterocycles. The molecule has 2 heteroatoms. The van der Waals surface area contributed by atoms with Crippen LogP contribution in [0.25, 0.3) is 0 Å². The molecule has 1 heterocycles. The van der Waals surface area contributed by atoms with Crippen LogP contribution in [0.1, 0.15) is 34.1 Å². The second-order valence-electron chi connectivity index (χ2n) is 5.54. The molecule has 1 fully saturated rings. The van der Waals surface area contributed by atoms with E-state index in [0.29, 0.717) is 5.41 Å². The normalized spacial score (nSPS) is 28.3. The van der Waals surface area contributed by atoms with Crippen LogP contribution in [0, 0.1) is 17.3 Å². The summed E-state index contributed by atoms with van der Waals surface area (Å²) in [6, 6.07) is 0. The first-order valence-corrected chi connectivity index (χ1v) is 5.96. The molecular formula is C12H26N2. The maximum Gasteiger partial charge on any atom is 0.000254 e. The fourth-order valence-corrected chi connectivity index (χ4v) is 1.86. The van der Waals surface area contributed by atoms with Gasteiger partial charge in [0, 0.05) is 6.54 Å². The van der Waals surface area contributed by atoms with Gasteiger partial charge in [0.25, 0.3) is 0 Å². The Bertz CT molecular complexity index is 166. The van der Waals surface area contributed by atoms with Crippen molar-refractivity contribution in [3.63, 3.8) is 0 Å². The van der Waals surface area contributed by atoms with Gasteiger partial charge >= 0.3 is 0 Å². The molecule has 0 aliphatic carbocycles. The predicted molar refractivity (Wildman–Crippen MR) is 62.5 cm³/mol. The van der Waals surface area contributed by atoms with E-state index in [0.717, 1.165) is 18.4 Å². The summed E-state index contributed by atoms with van der Waals surface area (Å²) in [4.78, 5) is 0. The standard InChI is InChI=1S/C12H26N2/c1-5-12(3,4)9-14-8-11-7-13-6-10(11)2/h10-11,13-14H,5-9H2,1-4H3/t10-,11+/m1/s1. The van der Waals surface area contributed by atoms with Gasteiger partial charge in [-0.05, 0) is 43.3 Å². The molecule has 0 spiro atoms. The molecule has 2 nitrogen and oxygen atoms in total. The van der Waals surface area contributed by atoms with Crippen LogP contribution >= 0.6 is 0 Å². The summed E-state index contributed by atoms with van der Waals surface area (Å²) in [5.74, 6) is 1.68. The molecule has 0 bridgehead atoms. The molecule has 1 rings (SSSR count). The molecule has 14 heavy (non-hydrogen) atoms. The number of hydrogen-bond acceptors (Lipinski definition) is 2. The topological polar surface area (TPSA) is 24.1 Å². The minimum atomic E-state index is 0.454. The molecule has 0 aromatic rings. The van der Waals surface area contributed by atoms with Crippen molar-refractivity contribution in [3.05, 3.63) is 0 Å². The van der Waals surface area contributed by atoms with Gasteiger partial charge in [-0.25, -0.2) is 0 Å². The van der Waals surface area contributed by atoms with Gasteiger partial charge in [0.2, 0.25) is 0 Å². The Balaban J connectivity index is 2.15. The zero-order valence-corrected chi connectivity index (χ0v) is 10.2. The summed E-state index contributed by atoms with van der Waals surface area (Å²) in [5.41, 5.74) is 0.454. The van der Waals surface area contributed by atoms with Crippen LogP contribution in [0.3, 0.4) is 0 Å². The molecule has 2 atom stereocenters. The minimum absolute atomic E-state index is 0.454. The highest BCUT2D eigenvalue weighted by atomic mass is 15.0. The van der Waals surface area contributed by atoms with E-state index in [4.69, 9.17) is 0 Å². The van der Waals surface area contributed by atoms with Gasteiger partial charge in [-0.15, -0.1) is 0 Å². The molecule has 0 amide bonds. The Morgan fingerprint density at radius 3 is 2.57 bits per heavy atom. The van der Waals surface area contributed by atoms with E-state index in [9.17, 15) is 0 Å². The van der Waals surface area contributed by atoms with Crippen LogP contribution in [0.15, 0.2) is 0 Å². The Labute approximate surface area is 88.8 Å². The maximum absolute atomic E-state index is 3.61. The van der Waals surface area contributed by atoms with Gasteiger partial charge in [-0.2, -0.15) is 0 Å². The molecule has 0 radical (unpaired) electrons. The lowest BCUT2D eigenvalue weighted by Crippen LogP contribution is -2.34. The summed E-state index contributed by atoms with van der Waals surface area (Å²) in [6.07, 6.45) is 1.25. The lowest BCUT2D eigenvalue weighted by molar-refractivity contribution is 0.308. The van der Waals surface area contributed by atoms with Gasteiger partial charge < -0.3 is 10.6 Å². The zero-order valence-electron chi connectivity index (χ0n) is 10.2. The average molecular weight is 198 g/mol. The summed E-state index contributed by atoms with van der Waals surface area (Å²) < 4.78 is 0. The van der Waals surface area contributed by atoms with Crippen LogP contribution < -0.4 is 10.6 Å². The second kappa shape index (κ2) is 5.13. The van der Waals surface area contributed by atoms with Crippen molar-refractivity contribution in [2.45, 2.75) is 34.1 Å². The molecule has 1 saturated heterocycles. The van der Waals surface area contributed by atoms with Crippen LogP contribution in [0.2, 0.25) is 0 Å². The zero-order chi connectivity index (χ0) is 10.6. The SMILES string of the molecule is CCC(C)(C)CNC[C@@H]1CNC[C@H]1C. The van der Waals surface area contributed by atoms with Crippen molar-refractivity contribution in [3.8, 4) is 0 Å². The summed E-state index contributed by atoms with van der Waals surface area (Å²) >= 11 is 0. The fourth-order valence-electron chi connectivity index (χ4n) is 1.86. The first-order chi connectivity index (χ1) is 6.55. The van der Waals surface area contributed by atoms with E-state index in [-0.39, 0.29) is 0 Å². The lowest BCUT2D eigenvalue weighted by Gasteiger charge is -2.24. The van der Waals surface area contributed by atoms with Crippen molar-refractivity contribution in [1.82, 2.24) is 10.6 Å². The summed E-state index contributed by atoms with van der Waals surface area (Å²) in [6.45, 7) is 14.0.